The van der Waals surface area contributed by atoms with E-state index in [1.165, 1.54) is 71.2 Å². The van der Waals surface area contributed by atoms with Gasteiger partial charge >= 0.3 is 0 Å². The average molecular weight is 451 g/mol. The second-order valence-corrected chi connectivity index (χ2v) is 7.45. The fourth-order valence-electron chi connectivity index (χ4n) is 3.53. The SMILES string of the molecule is CN=C(NCCCCN1CCN(C)CC1)NC1CCC(C)CC1.I. The molecular formula is C18H38IN5. The molecule has 2 fully saturated rings. The Morgan fingerprint density at radius 3 is 2.33 bits per heavy atom. The van der Waals surface area contributed by atoms with Crippen LogP contribution >= 0.6 is 24.0 Å². The molecule has 0 aromatic rings. The predicted octanol–water partition coefficient (Wildman–Crippen LogP) is 2.38. The predicted molar refractivity (Wildman–Crippen MR) is 115 cm³/mol. The number of unbranched alkanes of at least 4 members (excludes halogenated alkanes) is 1. The Balaban J connectivity index is 0.00000288. The smallest absolute Gasteiger partial charge is 0.191 e. The zero-order valence-corrected chi connectivity index (χ0v) is 18.2. The van der Waals surface area contributed by atoms with Crippen molar-refractivity contribution in [1.29, 1.82) is 0 Å². The van der Waals surface area contributed by atoms with Crippen LogP contribution in [0.2, 0.25) is 0 Å². The lowest BCUT2D eigenvalue weighted by atomic mass is 9.87. The normalized spacial score (nSPS) is 26.7. The van der Waals surface area contributed by atoms with Crippen molar-refractivity contribution in [2.75, 3.05) is 53.4 Å². The number of hydrogen-bond donors (Lipinski definition) is 2. The molecule has 2 rings (SSSR count). The van der Waals surface area contributed by atoms with E-state index >= 15 is 0 Å². The lowest BCUT2D eigenvalue weighted by Crippen LogP contribution is -2.45. The summed E-state index contributed by atoms with van der Waals surface area (Å²) >= 11 is 0. The van der Waals surface area contributed by atoms with E-state index in [1.807, 2.05) is 7.05 Å². The molecule has 0 amide bonds. The van der Waals surface area contributed by atoms with Crippen LogP contribution in [0.3, 0.4) is 0 Å². The number of piperazine rings is 1. The van der Waals surface area contributed by atoms with Crippen molar-refractivity contribution in [2.24, 2.45) is 10.9 Å². The van der Waals surface area contributed by atoms with Gasteiger partial charge in [0.05, 0.1) is 0 Å². The van der Waals surface area contributed by atoms with Crippen molar-refractivity contribution in [1.82, 2.24) is 20.4 Å². The first kappa shape index (κ1) is 22.0. The summed E-state index contributed by atoms with van der Waals surface area (Å²) in [6.07, 6.45) is 7.75. The lowest BCUT2D eigenvalue weighted by molar-refractivity contribution is 0.152. The van der Waals surface area contributed by atoms with Crippen LogP contribution < -0.4 is 10.6 Å². The number of rotatable bonds is 6. The summed E-state index contributed by atoms with van der Waals surface area (Å²) in [5, 5.41) is 7.08. The van der Waals surface area contributed by atoms with E-state index in [0.29, 0.717) is 6.04 Å². The van der Waals surface area contributed by atoms with Crippen molar-refractivity contribution in [3.05, 3.63) is 0 Å². The van der Waals surface area contributed by atoms with Gasteiger partial charge in [0.2, 0.25) is 0 Å². The number of halogens is 1. The molecular weight excluding hydrogens is 413 g/mol. The van der Waals surface area contributed by atoms with Crippen molar-refractivity contribution in [3.63, 3.8) is 0 Å². The maximum absolute atomic E-state index is 4.38. The molecule has 2 aliphatic rings. The molecule has 6 heteroatoms. The third-order valence-corrected chi connectivity index (χ3v) is 5.37. The number of guanidine groups is 1. The Morgan fingerprint density at radius 1 is 1.04 bits per heavy atom. The molecule has 1 saturated heterocycles. The van der Waals surface area contributed by atoms with E-state index < -0.39 is 0 Å². The highest BCUT2D eigenvalue weighted by atomic mass is 127. The summed E-state index contributed by atoms with van der Waals surface area (Å²) in [6.45, 7) is 9.52. The number of likely N-dealkylation sites (N-methyl/N-ethyl adjacent to an activating group) is 1. The summed E-state index contributed by atoms with van der Waals surface area (Å²) in [6, 6.07) is 0.614. The van der Waals surface area contributed by atoms with Gasteiger partial charge in [-0.1, -0.05) is 6.92 Å². The number of nitrogens with one attached hydrogen (secondary N) is 2. The van der Waals surface area contributed by atoms with Crippen molar-refractivity contribution < 1.29 is 0 Å². The highest BCUT2D eigenvalue weighted by Crippen LogP contribution is 2.23. The molecule has 24 heavy (non-hydrogen) atoms. The van der Waals surface area contributed by atoms with Gasteiger partial charge < -0.3 is 20.4 Å². The molecule has 5 nitrogen and oxygen atoms in total. The Morgan fingerprint density at radius 2 is 1.71 bits per heavy atom. The van der Waals surface area contributed by atoms with E-state index in [4.69, 9.17) is 0 Å². The number of nitrogens with zero attached hydrogens (tertiary/aromatic N) is 3. The fraction of sp³-hybridized carbons (Fsp3) is 0.944. The van der Waals surface area contributed by atoms with Crippen LogP contribution in [-0.4, -0.2) is 75.2 Å². The Kier molecular flexibility index (Phi) is 11.3. The molecule has 1 saturated carbocycles. The zero-order valence-electron chi connectivity index (χ0n) is 15.9. The minimum Gasteiger partial charge on any atom is -0.356 e. The minimum atomic E-state index is 0. The van der Waals surface area contributed by atoms with Gasteiger partial charge in [-0.25, -0.2) is 0 Å². The van der Waals surface area contributed by atoms with Gasteiger partial charge in [0.25, 0.3) is 0 Å². The topological polar surface area (TPSA) is 42.9 Å². The maximum atomic E-state index is 4.38. The van der Waals surface area contributed by atoms with Crippen molar-refractivity contribution >= 4 is 29.9 Å². The van der Waals surface area contributed by atoms with Crippen LogP contribution in [0, 0.1) is 5.92 Å². The lowest BCUT2D eigenvalue weighted by Gasteiger charge is -2.32. The quantitative estimate of drug-likeness (QED) is 0.282. The van der Waals surface area contributed by atoms with Crippen LogP contribution in [0.4, 0.5) is 0 Å². The molecule has 142 valence electrons. The number of hydrogen-bond acceptors (Lipinski definition) is 3. The third-order valence-electron chi connectivity index (χ3n) is 5.37. The molecule has 1 aliphatic carbocycles. The molecule has 0 spiro atoms. The fourth-order valence-corrected chi connectivity index (χ4v) is 3.53. The standard InChI is InChI=1S/C18H37N5.HI/c1-16-6-8-17(9-7-16)21-18(19-2)20-10-4-5-11-23-14-12-22(3)13-15-23;/h16-17H,4-15H2,1-3H3,(H2,19,20,21);1H. The molecule has 1 heterocycles. The Bertz CT molecular complexity index is 347. The van der Waals surface area contributed by atoms with Crippen LogP contribution in [0.15, 0.2) is 4.99 Å². The molecule has 0 atom stereocenters. The second-order valence-electron chi connectivity index (χ2n) is 7.45. The van der Waals surface area contributed by atoms with E-state index in [9.17, 15) is 0 Å². The van der Waals surface area contributed by atoms with Crippen molar-refractivity contribution in [3.8, 4) is 0 Å². The molecule has 0 aromatic heterocycles. The maximum Gasteiger partial charge on any atom is 0.191 e. The minimum absolute atomic E-state index is 0. The average Bonchev–Trinajstić information content (AvgIpc) is 2.57. The Hall–Kier alpha value is -0.0800. The first-order valence-corrected chi connectivity index (χ1v) is 9.55. The molecule has 0 bridgehead atoms. The van der Waals surface area contributed by atoms with Gasteiger partial charge in [-0.3, -0.25) is 4.99 Å². The molecule has 0 unspecified atom stereocenters. The van der Waals surface area contributed by atoms with E-state index in [-0.39, 0.29) is 24.0 Å². The third kappa shape index (κ3) is 8.34. The summed E-state index contributed by atoms with van der Waals surface area (Å²) < 4.78 is 0. The monoisotopic (exact) mass is 451 g/mol. The summed E-state index contributed by atoms with van der Waals surface area (Å²) in [4.78, 5) is 9.39. The van der Waals surface area contributed by atoms with Gasteiger partial charge in [0.15, 0.2) is 5.96 Å². The van der Waals surface area contributed by atoms with Crippen LogP contribution in [0.1, 0.15) is 45.4 Å². The highest BCUT2D eigenvalue weighted by molar-refractivity contribution is 14.0. The molecule has 0 aromatic carbocycles. The Labute approximate surface area is 166 Å². The van der Waals surface area contributed by atoms with Gasteiger partial charge in [-0.05, 0) is 58.0 Å². The second kappa shape index (κ2) is 12.3. The van der Waals surface area contributed by atoms with E-state index in [2.05, 4.69) is 39.4 Å². The van der Waals surface area contributed by atoms with Gasteiger partial charge in [-0.2, -0.15) is 0 Å². The zero-order chi connectivity index (χ0) is 16.5. The van der Waals surface area contributed by atoms with Gasteiger partial charge in [-0.15, -0.1) is 24.0 Å². The molecule has 1 aliphatic heterocycles. The van der Waals surface area contributed by atoms with Crippen LogP contribution in [0.5, 0.6) is 0 Å². The largest absolute Gasteiger partial charge is 0.356 e. The summed E-state index contributed by atoms with van der Waals surface area (Å²) in [5.41, 5.74) is 0. The van der Waals surface area contributed by atoms with E-state index in [0.717, 1.165) is 18.4 Å². The number of aliphatic imine (C=N–C) groups is 1. The highest BCUT2D eigenvalue weighted by Gasteiger charge is 2.18. The molecule has 2 N–H and O–H groups in total. The summed E-state index contributed by atoms with van der Waals surface area (Å²) in [5.74, 6) is 1.89. The van der Waals surface area contributed by atoms with Crippen molar-refractivity contribution in [2.45, 2.75) is 51.5 Å². The van der Waals surface area contributed by atoms with Crippen LogP contribution in [-0.2, 0) is 0 Å². The van der Waals surface area contributed by atoms with Crippen LogP contribution in [0.25, 0.3) is 0 Å². The first-order chi connectivity index (χ1) is 11.2. The first-order valence-electron chi connectivity index (χ1n) is 9.55. The van der Waals surface area contributed by atoms with Gasteiger partial charge in [0, 0.05) is 45.8 Å². The van der Waals surface area contributed by atoms with E-state index in [1.54, 1.807) is 0 Å². The van der Waals surface area contributed by atoms with Gasteiger partial charge in [0.1, 0.15) is 0 Å². The summed E-state index contributed by atoms with van der Waals surface area (Å²) in [7, 11) is 4.10. The molecule has 0 radical (unpaired) electrons.